The van der Waals surface area contributed by atoms with Gasteiger partial charge in [0.2, 0.25) is 0 Å². The minimum absolute atomic E-state index is 0.0883. The van der Waals surface area contributed by atoms with E-state index in [0.717, 1.165) is 25.2 Å². The monoisotopic (exact) mass is 436 g/mol. The number of aromatic hydroxyl groups is 1. The van der Waals surface area contributed by atoms with Crippen LogP contribution >= 0.6 is 46.4 Å². The average Bonchev–Trinajstić information content (AvgIpc) is 2.90. The predicted octanol–water partition coefficient (Wildman–Crippen LogP) is 6.68. The van der Waals surface area contributed by atoms with Crippen LogP contribution < -0.4 is 0 Å². The van der Waals surface area contributed by atoms with E-state index in [-0.39, 0.29) is 20.5 Å². The van der Waals surface area contributed by atoms with Crippen molar-refractivity contribution in [2.24, 2.45) is 17.3 Å². The van der Waals surface area contributed by atoms with Gasteiger partial charge in [-0.2, -0.15) is 0 Å². The Bertz CT molecular complexity index is 687. The molecule has 26 heavy (non-hydrogen) atoms. The molecular weight excluding hydrogens is 414 g/mol. The molecule has 0 unspecified atom stereocenters. The van der Waals surface area contributed by atoms with Crippen molar-refractivity contribution in [1.29, 1.82) is 0 Å². The van der Waals surface area contributed by atoms with Crippen molar-refractivity contribution in [1.82, 2.24) is 0 Å². The molecule has 2 fully saturated rings. The van der Waals surface area contributed by atoms with Crippen LogP contribution in [0.25, 0.3) is 0 Å². The van der Waals surface area contributed by atoms with E-state index >= 15 is 0 Å². The van der Waals surface area contributed by atoms with Gasteiger partial charge >= 0.3 is 0 Å². The smallest absolute Gasteiger partial charge is 0.136 e. The Morgan fingerprint density at radius 2 is 1.73 bits per heavy atom. The van der Waals surface area contributed by atoms with Gasteiger partial charge in [0, 0.05) is 0 Å². The molecule has 5 atom stereocenters. The summed E-state index contributed by atoms with van der Waals surface area (Å²) >= 11 is 20.0. The van der Waals surface area contributed by atoms with Gasteiger partial charge in [-0.05, 0) is 85.0 Å². The minimum atomic E-state index is -0.0988. The first-order chi connectivity index (χ1) is 12.2. The van der Waals surface area contributed by atoms with Crippen molar-refractivity contribution in [3.8, 4) is 5.75 Å². The molecule has 2 N–H and O–H groups in total. The van der Waals surface area contributed by atoms with Gasteiger partial charge in [0.25, 0.3) is 0 Å². The Balaban J connectivity index is 0.000000286. The number of rotatable bonds is 0. The van der Waals surface area contributed by atoms with Crippen LogP contribution in [-0.4, -0.2) is 16.3 Å². The van der Waals surface area contributed by atoms with Gasteiger partial charge in [-0.15, -0.1) is 0 Å². The Morgan fingerprint density at radius 1 is 1.04 bits per heavy atom. The maximum Gasteiger partial charge on any atom is 0.136 e. The fourth-order valence-electron chi connectivity index (χ4n) is 5.54. The molecule has 0 aliphatic heterocycles. The normalized spacial score (nSPS) is 34.7. The Kier molecular flexibility index (Phi) is 6.41. The highest BCUT2D eigenvalue weighted by atomic mass is 35.5. The number of aliphatic hydroxyl groups is 1. The van der Waals surface area contributed by atoms with E-state index in [1.807, 2.05) is 12.1 Å². The maximum absolute atomic E-state index is 10.4. The van der Waals surface area contributed by atoms with E-state index in [1.54, 1.807) is 0 Å². The zero-order chi connectivity index (χ0) is 19.1. The summed E-state index contributed by atoms with van der Waals surface area (Å²) in [7, 11) is 0. The van der Waals surface area contributed by atoms with Crippen molar-refractivity contribution in [2.45, 2.75) is 57.5 Å². The van der Waals surface area contributed by atoms with Gasteiger partial charge in [0.1, 0.15) is 14.7 Å². The number of phenolic OH excluding ortho intramolecular Hbond substituents is 1. The minimum Gasteiger partial charge on any atom is -0.508 e. The van der Waals surface area contributed by atoms with Gasteiger partial charge in [0.15, 0.2) is 0 Å². The lowest BCUT2D eigenvalue weighted by Crippen LogP contribution is -2.43. The average molecular weight is 438 g/mol. The fourth-order valence-corrected chi connectivity index (χ4v) is 5.54. The molecule has 1 aromatic rings. The molecule has 4 rings (SSSR count). The van der Waals surface area contributed by atoms with E-state index in [2.05, 4.69) is 13.0 Å². The number of fused-ring (bicyclic) bond motifs is 5. The summed E-state index contributed by atoms with van der Waals surface area (Å²) in [5.74, 6) is 2.49. The number of halogens is 4. The second kappa shape index (κ2) is 8.09. The van der Waals surface area contributed by atoms with Gasteiger partial charge in [0.05, 0.1) is 6.10 Å². The third kappa shape index (κ3) is 3.86. The lowest BCUT2D eigenvalue weighted by molar-refractivity contribution is -0.0226. The molecule has 0 bridgehead atoms. The lowest BCUT2D eigenvalue weighted by atomic mass is 9.55. The molecule has 0 radical (unpaired) electrons. The number of hydrogen-bond acceptors (Lipinski definition) is 2. The van der Waals surface area contributed by atoms with Gasteiger partial charge in [-0.25, -0.2) is 0 Å². The number of benzene rings is 1. The summed E-state index contributed by atoms with van der Waals surface area (Å²) < 4.78 is -0.198. The summed E-state index contributed by atoms with van der Waals surface area (Å²) in [5.41, 5.74) is 2.99. The summed E-state index contributed by atoms with van der Waals surface area (Å²) in [6.45, 7) is 2.32. The third-order valence-electron chi connectivity index (χ3n) is 6.80. The van der Waals surface area contributed by atoms with Crippen LogP contribution in [0.3, 0.4) is 0 Å². The van der Waals surface area contributed by atoms with Crippen LogP contribution in [0.2, 0.25) is 0 Å². The van der Waals surface area contributed by atoms with Crippen molar-refractivity contribution in [2.75, 3.05) is 0 Å². The van der Waals surface area contributed by atoms with E-state index < -0.39 is 0 Å². The topological polar surface area (TPSA) is 40.5 Å². The second-order valence-corrected chi connectivity index (χ2v) is 9.86. The standard InChI is InChI=1S/C18H24O2.C2Cl4/c1-18-9-8-14-13-5-3-12(19)10-11(13)2-4-15(14)16(18)6-7-17(18)20;3-1(4)2(5)6/h3,5,10,14-17,19-20H,2,4,6-9H2,1H3;/t14-,15-,16+,17+,18+;/m1./s1. The SMILES string of the molecule is C[C@]12CC[C@@H]3c4ccc(O)cc4CC[C@H]3[C@@H]1CC[C@@H]2O.ClC(Cl)=C(Cl)Cl. The van der Waals surface area contributed by atoms with Gasteiger partial charge in [-0.3, -0.25) is 0 Å². The van der Waals surface area contributed by atoms with E-state index in [1.165, 1.54) is 30.4 Å². The Morgan fingerprint density at radius 3 is 2.38 bits per heavy atom. The number of hydrogen-bond donors (Lipinski definition) is 2. The molecule has 2 saturated carbocycles. The van der Waals surface area contributed by atoms with E-state index in [0.29, 0.717) is 17.6 Å². The van der Waals surface area contributed by atoms with Crippen LogP contribution in [0.4, 0.5) is 0 Å². The quantitative estimate of drug-likeness (QED) is 0.475. The van der Waals surface area contributed by atoms with Gasteiger partial charge < -0.3 is 10.2 Å². The first kappa shape index (κ1) is 20.6. The van der Waals surface area contributed by atoms with Gasteiger partial charge in [-0.1, -0.05) is 59.4 Å². The summed E-state index contributed by atoms with van der Waals surface area (Å²) in [4.78, 5) is 0. The molecule has 0 aromatic heterocycles. The van der Waals surface area contributed by atoms with Crippen molar-refractivity contribution in [3.05, 3.63) is 38.3 Å². The molecule has 144 valence electrons. The third-order valence-corrected chi connectivity index (χ3v) is 7.95. The van der Waals surface area contributed by atoms with Crippen LogP contribution in [0.1, 0.15) is 56.1 Å². The molecule has 0 saturated heterocycles. The zero-order valence-electron chi connectivity index (χ0n) is 14.7. The fraction of sp³-hybridized carbons (Fsp3) is 0.600. The van der Waals surface area contributed by atoms with E-state index in [9.17, 15) is 10.2 Å². The predicted molar refractivity (Wildman–Crippen MR) is 109 cm³/mol. The first-order valence-corrected chi connectivity index (χ1v) is 10.6. The molecule has 2 nitrogen and oxygen atoms in total. The maximum atomic E-state index is 10.4. The number of aliphatic hydroxyl groups excluding tert-OH is 1. The molecule has 3 aliphatic carbocycles. The molecule has 6 heteroatoms. The summed E-state index contributed by atoms with van der Waals surface area (Å²) in [6, 6.07) is 5.96. The van der Waals surface area contributed by atoms with Crippen molar-refractivity contribution < 1.29 is 10.2 Å². The van der Waals surface area contributed by atoms with Crippen LogP contribution in [0, 0.1) is 17.3 Å². The highest BCUT2D eigenvalue weighted by Crippen LogP contribution is 2.60. The second-order valence-electron chi connectivity index (χ2n) is 7.96. The molecule has 1 aromatic carbocycles. The lowest BCUT2D eigenvalue weighted by Gasteiger charge is -2.50. The zero-order valence-corrected chi connectivity index (χ0v) is 17.7. The van der Waals surface area contributed by atoms with Crippen LogP contribution in [-0.2, 0) is 6.42 Å². The molecular formula is C20H24Cl4O2. The highest BCUT2D eigenvalue weighted by molar-refractivity contribution is 6.67. The van der Waals surface area contributed by atoms with Crippen molar-refractivity contribution >= 4 is 46.4 Å². The van der Waals surface area contributed by atoms with E-state index in [4.69, 9.17) is 46.4 Å². The molecule has 0 heterocycles. The Labute approximate surface area is 175 Å². The number of aryl methyl sites for hydroxylation is 1. The highest BCUT2D eigenvalue weighted by Gasteiger charge is 2.54. The first-order valence-electron chi connectivity index (χ1n) is 9.10. The summed E-state index contributed by atoms with van der Waals surface area (Å²) in [5, 5.41) is 20.0. The summed E-state index contributed by atoms with van der Waals surface area (Å²) in [6.07, 6.45) is 6.78. The molecule has 0 spiro atoms. The largest absolute Gasteiger partial charge is 0.508 e. The van der Waals surface area contributed by atoms with Crippen LogP contribution in [0.15, 0.2) is 27.2 Å². The van der Waals surface area contributed by atoms with Crippen LogP contribution in [0.5, 0.6) is 5.75 Å². The molecule has 3 aliphatic rings. The molecule has 0 amide bonds. The number of phenols is 1. The Hall–Kier alpha value is -0.120. The van der Waals surface area contributed by atoms with Crippen molar-refractivity contribution in [3.63, 3.8) is 0 Å².